The predicted molar refractivity (Wildman–Crippen MR) is 234 cm³/mol. The molecule has 8 bridgehead atoms. The van der Waals surface area contributed by atoms with Crippen LogP contribution in [0.15, 0.2) is 141 Å². The molecule has 0 amide bonds. The number of benzene rings is 4. The van der Waals surface area contributed by atoms with E-state index < -0.39 is 50.3 Å². The average Bonchev–Trinajstić information content (AvgIpc) is 4.08. The van der Waals surface area contributed by atoms with Gasteiger partial charge < -0.3 is 19.1 Å². The van der Waals surface area contributed by atoms with Gasteiger partial charge in [0.1, 0.15) is 20.2 Å². The van der Waals surface area contributed by atoms with Gasteiger partial charge in [-0.1, -0.05) is 72.8 Å². The van der Waals surface area contributed by atoms with Gasteiger partial charge in [-0.25, -0.2) is 26.8 Å². The second kappa shape index (κ2) is 16.6. The molecular formula is C44H26N4O12S4Zn-2. The molecule has 322 valence electrons. The van der Waals surface area contributed by atoms with Crippen LogP contribution in [0.1, 0.15) is 22.8 Å². The maximum absolute atomic E-state index is 12.0. The van der Waals surface area contributed by atoms with Gasteiger partial charge in [0, 0.05) is 0 Å². The van der Waals surface area contributed by atoms with Crippen molar-refractivity contribution >= 4 is 86.8 Å². The van der Waals surface area contributed by atoms with Crippen LogP contribution in [0, 0.1) is 0 Å². The fourth-order valence-corrected chi connectivity index (χ4v) is 9.33. The van der Waals surface area contributed by atoms with Crippen LogP contribution in [0.25, 0.3) is 90.9 Å². The van der Waals surface area contributed by atoms with Gasteiger partial charge in [0.05, 0.1) is 42.4 Å². The van der Waals surface area contributed by atoms with E-state index in [0.717, 1.165) is 24.3 Å². The molecule has 16 nitrogen and oxygen atoms in total. The normalized spacial score (nSPS) is 12.9. The van der Waals surface area contributed by atoms with Gasteiger partial charge >= 0.3 is 19.5 Å². The molecule has 0 saturated carbocycles. The van der Waals surface area contributed by atoms with Crippen LogP contribution < -0.4 is 9.97 Å². The molecule has 0 radical (unpaired) electrons. The summed E-state index contributed by atoms with van der Waals surface area (Å²) in [4.78, 5) is 18.3. The zero-order chi connectivity index (χ0) is 45.3. The molecule has 7 aromatic rings. The van der Waals surface area contributed by atoms with E-state index in [1.165, 1.54) is 72.8 Å². The number of hydrogen-bond donors (Lipinski definition) is 2. The van der Waals surface area contributed by atoms with E-state index >= 15 is 0 Å². The van der Waals surface area contributed by atoms with Crippen molar-refractivity contribution in [1.82, 2.24) is 19.9 Å². The second-order valence-corrected chi connectivity index (χ2v) is 19.9. The van der Waals surface area contributed by atoms with Crippen molar-refractivity contribution < 1.29 is 71.4 Å². The molecule has 2 aliphatic heterocycles. The quantitative estimate of drug-likeness (QED) is 0.116. The molecule has 0 fully saturated rings. The average molecular weight is 996 g/mol. The monoisotopic (exact) mass is 994 g/mol. The number of fused-ring (bicyclic) bond motifs is 8. The Morgan fingerprint density at radius 1 is 0.354 bits per heavy atom. The number of nitrogens with zero attached hydrogens (tertiary/aromatic N) is 4. The van der Waals surface area contributed by atoms with Crippen LogP contribution in [-0.2, 0) is 60.0 Å². The molecule has 4 aromatic carbocycles. The molecule has 2 aliphatic rings. The van der Waals surface area contributed by atoms with Crippen molar-refractivity contribution in [3.05, 3.63) is 144 Å². The summed E-state index contributed by atoms with van der Waals surface area (Å²) in [5.74, 6) is 0. The van der Waals surface area contributed by atoms with Crippen LogP contribution in [-0.4, -0.2) is 61.9 Å². The van der Waals surface area contributed by atoms with Gasteiger partial charge in [0.2, 0.25) is 0 Å². The van der Waals surface area contributed by atoms with Gasteiger partial charge in [0.25, 0.3) is 20.2 Å². The Bertz CT molecular complexity index is 3300. The summed E-state index contributed by atoms with van der Waals surface area (Å²) >= 11 is 0. The minimum absolute atomic E-state index is 0. The largest absolute Gasteiger partial charge is 2.00 e. The summed E-state index contributed by atoms with van der Waals surface area (Å²) in [5, 5.41) is 0. The van der Waals surface area contributed by atoms with Gasteiger partial charge in [-0.05, 0) is 117 Å². The van der Waals surface area contributed by atoms with Crippen LogP contribution in [0.3, 0.4) is 0 Å². The zero-order valence-electron chi connectivity index (χ0n) is 33.0. The summed E-state index contributed by atoms with van der Waals surface area (Å²) < 4.78 is 139. The van der Waals surface area contributed by atoms with E-state index in [1.807, 2.05) is 0 Å². The standard InChI is InChI=1S/C44H28N4O12S4.Zn/c49-61(50,51)29-9-1-25(2-10-29)41-33-17-19-35(45-33)42(26-3-11-30(12-4-26)62(52,53)54)37-21-23-39(47-37)44(28-7-15-32(16-8-28)64(58,59)60)40-24-22-38(48-40)43(36-20-18-34(41)46-36)27-5-13-31(14-6-27)63(55,56)57;/h1-24H,(H,49,50,51)(H,52,53,54)(H,55,56,57)(H,58,59,60);/q-2;+2/p-2. The van der Waals surface area contributed by atoms with Gasteiger partial charge in [-0.2, -0.15) is 16.8 Å². The van der Waals surface area contributed by atoms with Crippen LogP contribution in [0.2, 0.25) is 0 Å². The number of rotatable bonds is 8. The van der Waals surface area contributed by atoms with E-state index in [-0.39, 0.29) is 29.3 Å². The zero-order valence-corrected chi connectivity index (χ0v) is 39.2. The molecule has 2 N–H and O–H groups in total. The first-order chi connectivity index (χ1) is 30.2. The van der Waals surface area contributed by atoms with Crippen LogP contribution in [0.4, 0.5) is 0 Å². The maximum atomic E-state index is 12.0. The van der Waals surface area contributed by atoms with Gasteiger partial charge in [-0.3, -0.25) is 9.11 Å². The van der Waals surface area contributed by atoms with Crippen molar-refractivity contribution in [3.8, 4) is 44.5 Å². The Kier molecular flexibility index (Phi) is 11.6. The van der Waals surface area contributed by atoms with Crippen molar-refractivity contribution in [3.63, 3.8) is 0 Å². The third kappa shape index (κ3) is 8.93. The van der Waals surface area contributed by atoms with Crippen LogP contribution >= 0.6 is 0 Å². The third-order valence-corrected chi connectivity index (χ3v) is 13.8. The van der Waals surface area contributed by atoms with Gasteiger partial charge in [0.15, 0.2) is 0 Å². The van der Waals surface area contributed by atoms with E-state index in [2.05, 4.69) is 0 Å². The topological polar surface area (TPSA) is 277 Å². The fraction of sp³-hybridized carbons (Fsp3) is 0. The first-order valence-electron chi connectivity index (χ1n) is 18.6. The smallest absolute Gasteiger partial charge is 0.744 e. The number of aromatic nitrogens is 4. The predicted octanol–water partition coefficient (Wildman–Crippen LogP) is 6.88. The first kappa shape index (κ1) is 45.3. The van der Waals surface area contributed by atoms with E-state index in [4.69, 9.17) is 19.9 Å². The summed E-state index contributed by atoms with van der Waals surface area (Å²) in [7, 11) is -18.8. The van der Waals surface area contributed by atoms with Crippen molar-refractivity contribution in [2.75, 3.05) is 0 Å². The summed E-state index contributed by atoms with van der Waals surface area (Å²) in [6.07, 6.45) is 6.72. The summed E-state index contributed by atoms with van der Waals surface area (Å²) in [5.41, 5.74) is 5.96. The van der Waals surface area contributed by atoms with Crippen molar-refractivity contribution in [2.45, 2.75) is 19.6 Å². The Balaban J connectivity index is 0.00000576. The molecule has 3 aromatic heterocycles. The maximum Gasteiger partial charge on any atom is 2.00 e. The third-order valence-electron chi connectivity index (χ3n) is 10.4. The molecule has 21 heteroatoms. The van der Waals surface area contributed by atoms with E-state index in [1.54, 1.807) is 48.6 Å². The van der Waals surface area contributed by atoms with E-state index in [0.29, 0.717) is 89.4 Å². The molecule has 0 unspecified atom stereocenters. The molecule has 5 heterocycles. The van der Waals surface area contributed by atoms with Crippen molar-refractivity contribution in [2.24, 2.45) is 0 Å². The molecule has 0 spiro atoms. The van der Waals surface area contributed by atoms with Gasteiger partial charge in [-0.15, -0.1) is 22.1 Å². The molecule has 9 rings (SSSR count). The molecule has 0 aliphatic carbocycles. The molecule has 0 saturated heterocycles. The Morgan fingerprint density at radius 3 is 0.769 bits per heavy atom. The molecule has 0 atom stereocenters. The fourth-order valence-electron chi connectivity index (χ4n) is 7.43. The SMILES string of the molecule is O=S(=O)([O-])c1ccc(-c2c3nc(c(-c4ccc(S(=O)(=O)O)cc4)c4ccc([n-]4)c(-c4ccc(S(=O)(=O)O)cc4)c4nc(c(-c5ccc(S(=O)(=O)[O-])cc5)c5ccc2[n-]5)C=C4)C=C3)cc1.[Zn+2]. The Hall–Kier alpha value is -6.26. The summed E-state index contributed by atoms with van der Waals surface area (Å²) in [6, 6.07) is 27.8. The molecular weight excluding hydrogens is 970 g/mol. The second-order valence-electron chi connectivity index (χ2n) is 14.3. The first-order valence-corrected chi connectivity index (χ1v) is 24.3. The number of hydrogen-bond acceptors (Lipinski definition) is 12. The van der Waals surface area contributed by atoms with Crippen molar-refractivity contribution in [1.29, 1.82) is 0 Å². The van der Waals surface area contributed by atoms with E-state index in [9.17, 15) is 51.9 Å². The minimum atomic E-state index is -4.81. The summed E-state index contributed by atoms with van der Waals surface area (Å²) in [6.45, 7) is 0. The van der Waals surface area contributed by atoms with Crippen LogP contribution in [0.5, 0.6) is 0 Å². The minimum Gasteiger partial charge on any atom is -0.744 e. The Labute approximate surface area is 383 Å². The molecule has 65 heavy (non-hydrogen) atoms. The Morgan fingerprint density at radius 2 is 0.569 bits per heavy atom.